The van der Waals surface area contributed by atoms with Crippen LogP contribution in [0.4, 0.5) is 0 Å². The third-order valence-electron chi connectivity index (χ3n) is 3.45. The molecule has 0 aromatic heterocycles. The molecule has 122 valence electrons. The zero-order valence-corrected chi connectivity index (χ0v) is 14.6. The molecule has 0 saturated heterocycles. The van der Waals surface area contributed by atoms with Crippen LogP contribution in [0.1, 0.15) is 56.2 Å². The highest BCUT2D eigenvalue weighted by molar-refractivity contribution is 5.46. The summed E-state index contributed by atoms with van der Waals surface area (Å²) in [6.07, 6.45) is 4.34. The number of unbranched alkanes of at least 4 members (excludes halogenated alkanes) is 2. The van der Waals surface area contributed by atoms with E-state index >= 15 is 0 Å². The van der Waals surface area contributed by atoms with E-state index in [1.165, 1.54) is 12.8 Å². The average Bonchev–Trinajstić information content (AvgIpc) is 2.64. The number of benzene rings is 2. The zero-order valence-electron chi connectivity index (χ0n) is 14.6. The van der Waals surface area contributed by atoms with E-state index < -0.39 is 0 Å². The van der Waals surface area contributed by atoms with Crippen LogP contribution in [0, 0.1) is 23.7 Å². The molecule has 0 aliphatic heterocycles. The van der Waals surface area contributed by atoms with Gasteiger partial charge in [0.25, 0.3) is 0 Å². The van der Waals surface area contributed by atoms with Gasteiger partial charge in [-0.25, -0.2) is 0 Å². The maximum absolute atomic E-state index is 5.57. The molecule has 24 heavy (non-hydrogen) atoms. The predicted octanol–water partition coefficient (Wildman–Crippen LogP) is 5.42. The van der Waals surface area contributed by atoms with Gasteiger partial charge in [-0.2, -0.15) is 0 Å². The van der Waals surface area contributed by atoms with E-state index in [9.17, 15) is 0 Å². The summed E-state index contributed by atoms with van der Waals surface area (Å²) in [6.45, 7) is 5.03. The Morgan fingerprint density at radius 1 is 0.708 bits per heavy atom. The van der Waals surface area contributed by atoms with Crippen molar-refractivity contribution in [3.8, 4) is 29.4 Å². The van der Waals surface area contributed by atoms with Crippen molar-refractivity contribution in [3.05, 3.63) is 65.2 Å². The molecular weight excluding hydrogens is 292 g/mol. The third-order valence-corrected chi connectivity index (χ3v) is 3.45. The number of hydrogen-bond acceptors (Lipinski definition) is 1. The smallest absolute Gasteiger partial charge is 0.119 e. The molecule has 2 aromatic rings. The summed E-state index contributed by atoms with van der Waals surface area (Å²) in [7, 11) is 0. The number of rotatable bonds is 5. The van der Waals surface area contributed by atoms with E-state index in [4.69, 9.17) is 4.74 Å². The topological polar surface area (TPSA) is 9.23 Å². The van der Waals surface area contributed by atoms with Crippen LogP contribution in [0.5, 0.6) is 5.75 Å². The van der Waals surface area contributed by atoms with E-state index in [0.29, 0.717) is 0 Å². The monoisotopic (exact) mass is 316 g/mol. The lowest BCUT2D eigenvalue weighted by Crippen LogP contribution is -1.94. The summed E-state index contributed by atoms with van der Waals surface area (Å²) in [5.41, 5.74) is 3.04. The molecular formula is C23H24O. The standard InChI is InChI=1S/C23H24O/c1-3-5-6-7-8-20-9-11-21(12-10-20)13-14-22-15-17-23(18-16-22)24-19-4-2/h9-12,15-18H,3-6,19H2,1-2H3. The Morgan fingerprint density at radius 2 is 1.25 bits per heavy atom. The van der Waals surface area contributed by atoms with Gasteiger partial charge in [0.1, 0.15) is 5.75 Å². The van der Waals surface area contributed by atoms with Gasteiger partial charge < -0.3 is 4.74 Å². The average molecular weight is 316 g/mol. The highest BCUT2D eigenvalue weighted by atomic mass is 16.5. The Balaban J connectivity index is 1.96. The van der Waals surface area contributed by atoms with Crippen molar-refractivity contribution in [2.24, 2.45) is 0 Å². The number of ether oxygens (including phenoxy) is 1. The summed E-state index contributed by atoms with van der Waals surface area (Å²) in [6, 6.07) is 16.0. The molecule has 0 unspecified atom stereocenters. The van der Waals surface area contributed by atoms with Crippen LogP contribution < -0.4 is 4.74 Å². The minimum absolute atomic E-state index is 0.749. The van der Waals surface area contributed by atoms with E-state index in [-0.39, 0.29) is 0 Å². The first-order valence-electron chi connectivity index (χ1n) is 8.65. The Kier molecular flexibility index (Phi) is 7.52. The summed E-state index contributed by atoms with van der Waals surface area (Å²) in [5, 5.41) is 0. The minimum atomic E-state index is 0.749. The second-order valence-electron chi connectivity index (χ2n) is 5.61. The van der Waals surface area contributed by atoms with Crippen molar-refractivity contribution in [1.29, 1.82) is 0 Å². The van der Waals surface area contributed by atoms with Crippen LogP contribution in [0.25, 0.3) is 0 Å². The molecule has 0 amide bonds. The molecule has 0 aliphatic carbocycles. The van der Waals surface area contributed by atoms with E-state index in [1.54, 1.807) is 0 Å². The normalized spacial score (nSPS) is 9.42. The molecule has 0 heterocycles. The maximum atomic E-state index is 5.57. The second-order valence-corrected chi connectivity index (χ2v) is 5.61. The summed E-state index contributed by atoms with van der Waals surface area (Å²) in [4.78, 5) is 0. The fourth-order valence-corrected chi connectivity index (χ4v) is 2.07. The lowest BCUT2D eigenvalue weighted by Gasteiger charge is -2.03. The fourth-order valence-electron chi connectivity index (χ4n) is 2.07. The van der Waals surface area contributed by atoms with Gasteiger partial charge >= 0.3 is 0 Å². The maximum Gasteiger partial charge on any atom is 0.119 e. The van der Waals surface area contributed by atoms with E-state index in [1.807, 2.05) is 48.5 Å². The Labute approximate surface area is 146 Å². The van der Waals surface area contributed by atoms with Gasteiger partial charge in [0.15, 0.2) is 0 Å². The van der Waals surface area contributed by atoms with Crippen molar-refractivity contribution in [1.82, 2.24) is 0 Å². The predicted molar refractivity (Wildman–Crippen MR) is 101 cm³/mol. The van der Waals surface area contributed by atoms with E-state index in [0.717, 1.165) is 41.9 Å². The molecule has 0 bridgehead atoms. The van der Waals surface area contributed by atoms with Crippen LogP contribution in [-0.2, 0) is 0 Å². The second kappa shape index (κ2) is 10.2. The van der Waals surface area contributed by atoms with Gasteiger partial charge in [-0.1, -0.05) is 44.0 Å². The Bertz CT molecular complexity index is 731. The van der Waals surface area contributed by atoms with Crippen molar-refractivity contribution < 1.29 is 4.74 Å². The highest BCUT2D eigenvalue weighted by Gasteiger charge is 1.93. The molecule has 1 nitrogen and oxygen atoms in total. The van der Waals surface area contributed by atoms with Crippen LogP contribution in [0.3, 0.4) is 0 Å². The van der Waals surface area contributed by atoms with E-state index in [2.05, 4.69) is 37.5 Å². The molecule has 0 spiro atoms. The molecule has 0 N–H and O–H groups in total. The first-order chi connectivity index (χ1) is 11.8. The van der Waals surface area contributed by atoms with Gasteiger partial charge in [-0.15, -0.1) is 0 Å². The zero-order chi connectivity index (χ0) is 17.0. The first kappa shape index (κ1) is 17.7. The lowest BCUT2D eigenvalue weighted by molar-refractivity contribution is 0.317. The largest absolute Gasteiger partial charge is 0.494 e. The van der Waals surface area contributed by atoms with Crippen LogP contribution >= 0.6 is 0 Å². The van der Waals surface area contributed by atoms with Crippen LogP contribution in [0.2, 0.25) is 0 Å². The van der Waals surface area contributed by atoms with Gasteiger partial charge in [0.05, 0.1) is 6.61 Å². The molecule has 2 rings (SSSR count). The summed E-state index contributed by atoms with van der Waals surface area (Å²) in [5.74, 6) is 13.7. The molecule has 0 atom stereocenters. The summed E-state index contributed by atoms with van der Waals surface area (Å²) >= 11 is 0. The third kappa shape index (κ3) is 6.23. The SMILES string of the molecule is CCCCC#Cc1ccc(C#Cc2ccc(OCCC)cc2)cc1. The lowest BCUT2D eigenvalue weighted by atomic mass is 10.1. The highest BCUT2D eigenvalue weighted by Crippen LogP contribution is 2.12. The molecule has 0 radical (unpaired) electrons. The Hall–Kier alpha value is -2.64. The number of hydrogen-bond donors (Lipinski definition) is 0. The van der Waals surface area contributed by atoms with Gasteiger partial charge in [0, 0.05) is 23.1 Å². The molecule has 0 fully saturated rings. The van der Waals surface area contributed by atoms with Crippen molar-refractivity contribution >= 4 is 0 Å². The van der Waals surface area contributed by atoms with Gasteiger partial charge in [-0.3, -0.25) is 0 Å². The first-order valence-corrected chi connectivity index (χ1v) is 8.65. The molecule has 2 aromatic carbocycles. The van der Waals surface area contributed by atoms with Gasteiger partial charge in [-0.05, 0) is 61.4 Å². The van der Waals surface area contributed by atoms with Crippen LogP contribution in [-0.4, -0.2) is 6.61 Å². The quantitative estimate of drug-likeness (QED) is 0.529. The molecule has 0 aliphatic rings. The molecule has 0 saturated carbocycles. The minimum Gasteiger partial charge on any atom is -0.494 e. The van der Waals surface area contributed by atoms with Crippen molar-refractivity contribution in [2.45, 2.75) is 39.5 Å². The summed E-state index contributed by atoms with van der Waals surface area (Å²) < 4.78 is 5.57. The Morgan fingerprint density at radius 3 is 1.79 bits per heavy atom. The van der Waals surface area contributed by atoms with Crippen molar-refractivity contribution in [3.63, 3.8) is 0 Å². The van der Waals surface area contributed by atoms with Crippen molar-refractivity contribution in [2.75, 3.05) is 6.61 Å². The van der Waals surface area contributed by atoms with Gasteiger partial charge in [0.2, 0.25) is 0 Å². The molecule has 1 heteroatoms. The fraction of sp³-hybridized carbons (Fsp3) is 0.304. The van der Waals surface area contributed by atoms with Crippen LogP contribution in [0.15, 0.2) is 48.5 Å².